The average molecular weight is 261 g/mol. The largest absolute Gasteiger partial charge is 0.416 e. The number of morpholine rings is 1. The van der Waals surface area contributed by atoms with Crippen molar-refractivity contribution in [3.8, 4) is 0 Å². The minimum Gasteiger partial charge on any atom is -0.378 e. The molecule has 0 radical (unpaired) electrons. The molecule has 1 heterocycles. The van der Waals surface area contributed by atoms with Gasteiger partial charge in [-0.15, -0.1) is 0 Å². The first-order valence-electron chi connectivity index (χ1n) is 5.80. The molecule has 1 fully saturated rings. The highest BCUT2D eigenvalue weighted by atomic mass is 19.4. The lowest BCUT2D eigenvalue weighted by atomic mass is 10.1. The van der Waals surface area contributed by atoms with Gasteiger partial charge in [-0.1, -0.05) is 12.7 Å². The van der Waals surface area contributed by atoms with Gasteiger partial charge in [-0.05, 0) is 25.5 Å². The maximum atomic E-state index is 12.8. The molecule has 1 rings (SSSR count). The molecule has 1 aliphatic heterocycles. The fraction of sp³-hybridized carbons (Fsp3) is 0.538. The second-order valence-corrected chi connectivity index (χ2v) is 4.15. The average Bonchev–Trinajstić information content (AvgIpc) is 2.29. The van der Waals surface area contributed by atoms with Gasteiger partial charge in [0.2, 0.25) is 0 Å². The second-order valence-electron chi connectivity index (χ2n) is 4.15. The van der Waals surface area contributed by atoms with Crippen LogP contribution in [0.2, 0.25) is 0 Å². The maximum absolute atomic E-state index is 12.8. The molecule has 0 amide bonds. The monoisotopic (exact) mass is 261 g/mol. The van der Waals surface area contributed by atoms with Crippen molar-refractivity contribution in [2.75, 3.05) is 26.3 Å². The van der Waals surface area contributed by atoms with Gasteiger partial charge in [-0.2, -0.15) is 13.2 Å². The van der Waals surface area contributed by atoms with E-state index in [-0.39, 0.29) is 5.57 Å². The first-order valence-corrected chi connectivity index (χ1v) is 5.80. The zero-order valence-electron chi connectivity index (χ0n) is 10.7. The van der Waals surface area contributed by atoms with E-state index in [1.54, 1.807) is 13.0 Å². The van der Waals surface area contributed by atoms with E-state index in [9.17, 15) is 13.2 Å². The maximum Gasteiger partial charge on any atom is 0.416 e. The van der Waals surface area contributed by atoms with Crippen LogP contribution in [0.25, 0.3) is 0 Å². The van der Waals surface area contributed by atoms with E-state index >= 15 is 0 Å². The predicted molar refractivity (Wildman–Crippen MR) is 65.1 cm³/mol. The lowest BCUT2D eigenvalue weighted by Gasteiger charge is -2.30. The Balaban J connectivity index is 2.97. The normalized spacial score (nSPS) is 19.1. The van der Waals surface area contributed by atoms with Crippen LogP contribution in [-0.4, -0.2) is 37.4 Å². The summed E-state index contributed by atoms with van der Waals surface area (Å²) in [5, 5.41) is 0. The van der Waals surface area contributed by atoms with Crippen LogP contribution in [0.5, 0.6) is 0 Å². The van der Waals surface area contributed by atoms with Crippen LogP contribution in [-0.2, 0) is 4.74 Å². The molecule has 0 bridgehead atoms. The number of alkyl halides is 3. The number of hydrogen-bond acceptors (Lipinski definition) is 2. The summed E-state index contributed by atoms with van der Waals surface area (Å²) in [4.78, 5) is 1.89. The highest BCUT2D eigenvalue weighted by Crippen LogP contribution is 2.31. The summed E-state index contributed by atoms with van der Waals surface area (Å²) in [5.74, 6) is 0. The van der Waals surface area contributed by atoms with Gasteiger partial charge < -0.3 is 9.64 Å². The summed E-state index contributed by atoms with van der Waals surface area (Å²) in [6.07, 6.45) is -1.53. The molecule has 0 atom stereocenters. The molecule has 0 unspecified atom stereocenters. The Hall–Kier alpha value is -1.23. The fourth-order valence-corrected chi connectivity index (χ4v) is 1.77. The summed E-state index contributed by atoms with van der Waals surface area (Å²) in [6, 6.07) is 0. The number of hydrogen-bond donors (Lipinski definition) is 0. The number of allylic oxidation sites excluding steroid dienone is 4. The second kappa shape index (κ2) is 6.09. The van der Waals surface area contributed by atoms with Crippen LogP contribution in [0.4, 0.5) is 13.2 Å². The summed E-state index contributed by atoms with van der Waals surface area (Å²) in [7, 11) is 0. The molecule has 0 aromatic heterocycles. The third-order valence-electron chi connectivity index (χ3n) is 2.73. The van der Waals surface area contributed by atoms with Gasteiger partial charge in [0.1, 0.15) is 0 Å². The Morgan fingerprint density at radius 2 is 1.83 bits per heavy atom. The summed E-state index contributed by atoms with van der Waals surface area (Å²) < 4.78 is 43.7. The van der Waals surface area contributed by atoms with Gasteiger partial charge in [0, 0.05) is 18.8 Å². The van der Waals surface area contributed by atoms with Gasteiger partial charge in [0.05, 0.1) is 18.8 Å². The molecular weight excluding hydrogens is 243 g/mol. The van der Waals surface area contributed by atoms with Crippen molar-refractivity contribution in [1.82, 2.24) is 4.90 Å². The van der Waals surface area contributed by atoms with Crippen LogP contribution in [0.15, 0.2) is 35.6 Å². The minimum absolute atomic E-state index is 0.0232. The first-order chi connectivity index (χ1) is 8.36. The van der Waals surface area contributed by atoms with E-state index in [0.29, 0.717) is 32.0 Å². The van der Waals surface area contributed by atoms with Crippen LogP contribution in [0, 0.1) is 0 Å². The van der Waals surface area contributed by atoms with Gasteiger partial charge >= 0.3 is 6.18 Å². The van der Waals surface area contributed by atoms with Gasteiger partial charge in [-0.3, -0.25) is 0 Å². The van der Waals surface area contributed by atoms with E-state index in [1.807, 2.05) is 4.90 Å². The van der Waals surface area contributed by atoms with Crippen molar-refractivity contribution < 1.29 is 17.9 Å². The third-order valence-corrected chi connectivity index (χ3v) is 2.73. The number of rotatable bonds is 3. The smallest absolute Gasteiger partial charge is 0.378 e. The van der Waals surface area contributed by atoms with E-state index in [1.165, 1.54) is 6.92 Å². The Morgan fingerprint density at radius 1 is 1.28 bits per heavy atom. The van der Waals surface area contributed by atoms with Crippen molar-refractivity contribution in [1.29, 1.82) is 0 Å². The van der Waals surface area contributed by atoms with Crippen molar-refractivity contribution in [2.24, 2.45) is 0 Å². The van der Waals surface area contributed by atoms with Crippen LogP contribution >= 0.6 is 0 Å². The molecule has 0 N–H and O–H groups in total. The summed E-state index contributed by atoms with van der Waals surface area (Å²) in [6.45, 7) is 8.79. The van der Waals surface area contributed by atoms with Gasteiger partial charge in [-0.25, -0.2) is 0 Å². The molecule has 1 aliphatic rings. The third kappa shape index (κ3) is 3.91. The molecule has 18 heavy (non-hydrogen) atoms. The molecular formula is C13H18F3NO. The van der Waals surface area contributed by atoms with E-state index in [2.05, 4.69) is 6.58 Å². The zero-order valence-corrected chi connectivity index (χ0v) is 10.7. The summed E-state index contributed by atoms with van der Waals surface area (Å²) in [5.41, 5.74) is -0.0918. The van der Waals surface area contributed by atoms with Crippen LogP contribution in [0.3, 0.4) is 0 Å². The highest BCUT2D eigenvalue weighted by molar-refractivity contribution is 5.37. The van der Waals surface area contributed by atoms with Gasteiger partial charge in [0.15, 0.2) is 0 Å². The Morgan fingerprint density at radius 3 is 2.22 bits per heavy atom. The number of halogens is 3. The molecule has 0 aromatic carbocycles. The standard InChI is InChI=1S/C13H18F3NO/c1-4-11(17-5-7-18-8-6-17)9-12(10(2)3)13(14,15)16/h4,9H,2,5-8H2,1,3H3/b11-4+,12-9+. The van der Waals surface area contributed by atoms with Crippen LogP contribution < -0.4 is 0 Å². The minimum atomic E-state index is -4.37. The summed E-state index contributed by atoms with van der Waals surface area (Å²) >= 11 is 0. The number of nitrogens with zero attached hydrogens (tertiary/aromatic N) is 1. The lowest BCUT2D eigenvalue weighted by molar-refractivity contribution is -0.0894. The van der Waals surface area contributed by atoms with Crippen molar-refractivity contribution in [2.45, 2.75) is 20.0 Å². The highest BCUT2D eigenvalue weighted by Gasteiger charge is 2.34. The quantitative estimate of drug-likeness (QED) is 0.723. The zero-order chi connectivity index (χ0) is 13.8. The van der Waals surface area contributed by atoms with E-state index in [0.717, 1.165) is 6.08 Å². The molecule has 0 spiro atoms. The van der Waals surface area contributed by atoms with Gasteiger partial charge in [0.25, 0.3) is 0 Å². The molecule has 1 saturated heterocycles. The molecule has 0 saturated carbocycles. The SMILES string of the molecule is C=C(C)/C(=C\C(=C/C)N1CCOCC1)C(F)(F)F. The van der Waals surface area contributed by atoms with E-state index in [4.69, 9.17) is 4.74 Å². The number of ether oxygens (including phenoxy) is 1. The Labute approximate surface area is 105 Å². The molecule has 0 aliphatic carbocycles. The first kappa shape index (κ1) is 14.8. The molecule has 5 heteroatoms. The molecule has 2 nitrogen and oxygen atoms in total. The molecule has 0 aromatic rings. The fourth-order valence-electron chi connectivity index (χ4n) is 1.77. The van der Waals surface area contributed by atoms with Crippen molar-refractivity contribution >= 4 is 0 Å². The van der Waals surface area contributed by atoms with E-state index < -0.39 is 11.7 Å². The van der Waals surface area contributed by atoms with Crippen LogP contribution in [0.1, 0.15) is 13.8 Å². The predicted octanol–water partition coefficient (Wildman–Crippen LogP) is 3.29. The van der Waals surface area contributed by atoms with Crippen molar-refractivity contribution in [3.05, 3.63) is 35.6 Å². The Kier molecular flexibility index (Phi) is 5.02. The topological polar surface area (TPSA) is 12.5 Å². The lowest BCUT2D eigenvalue weighted by Crippen LogP contribution is -2.35. The van der Waals surface area contributed by atoms with Crippen molar-refractivity contribution in [3.63, 3.8) is 0 Å². The Bertz CT molecular complexity index is 363. The molecule has 102 valence electrons.